The van der Waals surface area contributed by atoms with Gasteiger partial charge in [-0.1, -0.05) is 0 Å². The fraction of sp³-hybridized carbons (Fsp3) is 0.417. The lowest BCUT2D eigenvalue weighted by Gasteiger charge is -2.16. The van der Waals surface area contributed by atoms with E-state index in [0.717, 1.165) is 0 Å². The van der Waals surface area contributed by atoms with Gasteiger partial charge in [0.05, 0.1) is 19.3 Å². The van der Waals surface area contributed by atoms with Crippen molar-refractivity contribution < 1.29 is 14.3 Å². The molecule has 0 aliphatic carbocycles. The first-order valence-electron chi connectivity index (χ1n) is 5.31. The predicted octanol–water partition coefficient (Wildman–Crippen LogP) is 1.50. The smallest absolute Gasteiger partial charge is 0.340 e. The average molecular weight is 238 g/mol. The molecule has 5 nitrogen and oxygen atoms in total. The van der Waals surface area contributed by atoms with Crippen molar-refractivity contribution in [1.29, 1.82) is 0 Å². The zero-order valence-corrected chi connectivity index (χ0v) is 10.3. The quantitative estimate of drug-likeness (QED) is 0.600. The monoisotopic (exact) mass is 238 g/mol. The third-order valence-electron chi connectivity index (χ3n) is 2.27. The summed E-state index contributed by atoms with van der Waals surface area (Å²) >= 11 is 0. The van der Waals surface area contributed by atoms with Gasteiger partial charge in [-0.05, 0) is 25.1 Å². The van der Waals surface area contributed by atoms with E-state index < -0.39 is 5.97 Å². The highest BCUT2D eigenvalue weighted by atomic mass is 16.5. The number of nitrogens with one attached hydrogen (secondary N) is 1. The van der Waals surface area contributed by atoms with Crippen molar-refractivity contribution in [2.24, 2.45) is 0 Å². The summed E-state index contributed by atoms with van der Waals surface area (Å²) in [5.74, 6) is -0.413. The topological polar surface area (TPSA) is 73.6 Å². The van der Waals surface area contributed by atoms with Crippen LogP contribution in [0.4, 0.5) is 11.4 Å². The summed E-state index contributed by atoms with van der Waals surface area (Å²) < 4.78 is 9.73. The summed E-state index contributed by atoms with van der Waals surface area (Å²) in [7, 11) is 2.97. The minimum absolute atomic E-state index is 0.0898. The van der Waals surface area contributed by atoms with Gasteiger partial charge in [0.1, 0.15) is 0 Å². The van der Waals surface area contributed by atoms with E-state index in [1.54, 1.807) is 25.3 Å². The van der Waals surface area contributed by atoms with Crippen LogP contribution in [0.5, 0.6) is 0 Å². The zero-order chi connectivity index (χ0) is 12.8. The van der Waals surface area contributed by atoms with Crippen molar-refractivity contribution in [3.8, 4) is 0 Å². The van der Waals surface area contributed by atoms with E-state index >= 15 is 0 Å². The maximum atomic E-state index is 11.6. The highest BCUT2D eigenvalue weighted by Crippen LogP contribution is 2.20. The van der Waals surface area contributed by atoms with Crippen LogP contribution in [-0.2, 0) is 9.47 Å². The third-order valence-corrected chi connectivity index (χ3v) is 2.27. The van der Waals surface area contributed by atoms with E-state index in [9.17, 15) is 4.79 Å². The van der Waals surface area contributed by atoms with Gasteiger partial charge < -0.3 is 20.5 Å². The molecule has 0 spiro atoms. The Bertz CT molecular complexity index is 393. The molecule has 0 saturated heterocycles. The first-order chi connectivity index (χ1) is 8.08. The Kier molecular flexibility index (Phi) is 4.78. The number of anilines is 2. The van der Waals surface area contributed by atoms with Crippen LogP contribution in [0.1, 0.15) is 17.3 Å². The highest BCUT2D eigenvalue weighted by Gasteiger charge is 2.13. The Morgan fingerprint density at radius 2 is 2.18 bits per heavy atom. The Morgan fingerprint density at radius 3 is 2.76 bits per heavy atom. The van der Waals surface area contributed by atoms with Gasteiger partial charge in [-0.3, -0.25) is 0 Å². The Morgan fingerprint density at radius 1 is 1.47 bits per heavy atom. The van der Waals surface area contributed by atoms with Crippen LogP contribution in [0.2, 0.25) is 0 Å². The number of carbonyl (C=O) groups is 1. The number of nitrogens with two attached hydrogens (primary N) is 1. The number of carbonyl (C=O) groups excluding carboxylic acids is 1. The van der Waals surface area contributed by atoms with E-state index in [1.165, 1.54) is 7.11 Å². The largest absolute Gasteiger partial charge is 0.465 e. The van der Waals surface area contributed by atoms with Gasteiger partial charge in [-0.2, -0.15) is 0 Å². The summed E-state index contributed by atoms with van der Waals surface area (Å²) in [6.07, 6.45) is 0. The first kappa shape index (κ1) is 13.3. The molecule has 0 aromatic heterocycles. The number of hydrogen-bond acceptors (Lipinski definition) is 5. The van der Waals surface area contributed by atoms with Crippen LogP contribution >= 0.6 is 0 Å². The number of methoxy groups -OCH3 is 2. The standard InChI is InChI=1S/C12H18N2O3/c1-8(7-16-2)14-11-5-4-9(13)6-10(11)12(15)17-3/h4-6,8,14H,7,13H2,1-3H3. The Hall–Kier alpha value is -1.75. The van der Waals surface area contributed by atoms with Crippen LogP contribution in [0.25, 0.3) is 0 Å². The summed E-state index contributed by atoms with van der Waals surface area (Å²) in [5, 5.41) is 3.17. The molecule has 0 saturated carbocycles. The molecule has 1 rings (SSSR count). The van der Waals surface area contributed by atoms with Gasteiger partial charge in [0.15, 0.2) is 0 Å². The van der Waals surface area contributed by atoms with Gasteiger partial charge in [0.2, 0.25) is 0 Å². The number of esters is 1. The molecule has 0 bridgehead atoms. The molecule has 0 amide bonds. The fourth-order valence-electron chi connectivity index (χ4n) is 1.52. The molecule has 3 N–H and O–H groups in total. The van der Waals surface area contributed by atoms with Crippen LogP contribution in [0.3, 0.4) is 0 Å². The summed E-state index contributed by atoms with van der Waals surface area (Å²) in [6.45, 7) is 2.51. The lowest BCUT2D eigenvalue weighted by Crippen LogP contribution is -2.22. The summed E-state index contributed by atoms with van der Waals surface area (Å²) in [6, 6.07) is 5.17. The molecular formula is C12H18N2O3. The van der Waals surface area contributed by atoms with Gasteiger partial charge in [0.25, 0.3) is 0 Å². The lowest BCUT2D eigenvalue weighted by atomic mass is 10.1. The molecule has 0 heterocycles. The average Bonchev–Trinajstić information content (AvgIpc) is 2.30. The van der Waals surface area contributed by atoms with Gasteiger partial charge in [0, 0.05) is 24.5 Å². The zero-order valence-electron chi connectivity index (χ0n) is 10.3. The van der Waals surface area contributed by atoms with Crippen LogP contribution in [0, 0.1) is 0 Å². The van der Waals surface area contributed by atoms with E-state index in [0.29, 0.717) is 23.5 Å². The van der Waals surface area contributed by atoms with E-state index in [2.05, 4.69) is 5.32 Å². The van der Waals surface area contributed by atoms with Crippen molar-refractivity contribution in [2.45, 2.75) is 13.0 Å². The van der Waals surface area contributed by atoms with E-state index in [-0.39, 0.29) is 6.04 Å². The molecule has 0 aliphatic rings. The lowest BCUT2D eigenvalue weighted by molar-refractivity contribution is 0.0601. The maximum Gasteiger partial charge on any atom is 0.340 e. The molecule has 0 fully saturated rings. The molecule has 1 atom stereocenters. The van der Waals surface area contributed by atoms with Gasteiger partial charge in [-0.15, -0.1) is 0 Å². The minimum atomic E-state index is -0.413. The van der Waals surface area contributed by atoms with Crippen molar-refractivity contribution in [3.63, 3.8) is 0 Å². The van der Waals surface area contributed by atoms with Gasteiger partial charge in [-0.25, -0.2) is 4.79 Å². The number of ether oxygens (including phenoxy) is 2. The molecule has 5 heteroatoms. The molecule has 1 aromatic rings. The van der Waals surface area contributed by atoms with Crippen molar-refractivity contribution in [1.82, 2.24) is 0 Å². The first-order valence-corrected chi connectivity index (χ1v) is 5.31. The van der Waals surface area contributed by atoms with E-state index in [1.807, 2.05) is 6.92 Å². The molecule has 17 heavy (non-hydrogen) atoms. The van der Waals surface area contributed by atoms with Crippen molar-refractivity contribution >= 4 is 17.3 Å². The molecule has 1 unspecified atom stereocenters. The fourth-order valence-corrected chi connectivity index (χ4v) is 1.52. The normalized spacial score (nSPS) is 11.9. The van der Waals surface area contributed by atoms with Crippen LogP contribution in [-0.4, -0.2) is 32.8 Å². The second-order valence-corrected chi connectivity index (χ2v) is 3.80. The van der Waals surface area contributed by atoms with E-state index in [4.69, 9.17) is 15.2 Å². The number of nitrogen functional groups attached to an aromatic ring is 1. The van der Waals surface area contributed by atoms with Gasteiger partial charge >= 0.3 is 5.97 Å². The molecule has 0 aliphatic heterocycles. The summed E-state index contributed by atoms with van der Waals surface area (Å²) in [5.41, 5.74) is 7.29. The van der Waals surface area contributed by atoms with Crippen LogP contribution in [0.15, 0.2) is 18.2 Å². The third kappa shape index (κ3) is 3.64. The predicted molar refractivity (Wildman–Crippen MR) is 67.2 cm³/mol. The molecule has 0 radical (unpaired) electrons. The molecule has 94 valence electrons. The highest BCUT2D eigenvalue weighted by molar-refractivity contribution is 5.96. The summed E-state index contributed by atoms with van der Waals surface area (Å²) in [4.78, 5) is 11.6. The second-order valence-electron chi connectivity index (χ2n) is 3.80. The second kappa shape index (κ2) is 6.10. The number of hydrogen-bond donors (Lipinski definition) is 2. The maximum absolute atomic E-state index is 11.6. The Labute approximate surface area is 101 Å². The minimum Gasteiger partial charge on any atom is -0.465 e. The molecular weight excluding hydrogens is 220 g/mol. The van der Waals surface area contributed by atoms with Crippen LogP contribution < -0.4 is 11.1 Å². The number of benzene rings is 1. The number of rotatable bonds is 5. The van der Waals surface area contributed by atoms with Crippen molar-refractivity contribution in [3.05, 3.63) is 23.8 Å². The van der Waals surface area contributed by atoms with Crippen molar-refractivity contribution in [2.75, 3.05) is 31.9 Å². The molecule has 1 aromatic carbocycles. The SMILES string of the molecule is COCC(C)Nc1ccc(N)cc1C(=O)OC. The Balaban J connectivity index is 2.94.